The van der Waals surface area contributed by atoms with Crippen LogP contribution in [-0.2, 0) is 16.1 Å². The Morgan fingerprint density at radius 2 is 1.94 bits per heavy atom. The fourth-order valence-electron chi connectivity index (χ4n) is 1.43. The molecule has 1 rings (SSSR count). The molecule has 0 aliphatic rings. The molecule has 0 N–H and O–H groups in total. The normalized spacial score (nSPS) is 10.8. The first-order valence-electron chi connectivity index (χ1n) is 5.30. The van der Waals surface area contributed by atoms with Gasteiger partial charge in [-0.1, -0.05) is 12.1 Å². The minimum atomic E-state index is -2.82. The first-order valence-corrected chi connectivity index (χ1v) is 5.30. The van der Waals surface area contributed by atoms with Crippen molar-refractivity contribution in [1.29, 1.82) is 0 Å². The van der Waals surface area contributed by atoms with Gasteiger partial charge in [0.1, 0.15) is 5.75 Å². The maximum atomic E-state index is 11.9. The molecule has 0 bridgehead atoms. The molecule has 0 saturated heterocycles. The second kappa shape index (κ2) is 6.90. The minimum Gasteiger partial charge on any atom is -0.468 e. The Hall–Kier alpha value is -1.69. The van der Waals surface area contributed by atoms with E-state index in [1.165, 1.54) is 19.2 Å². The monoisotopic (exact) mass is 259 g/mol. The standard InChI is InChI=1S/C12H15F2NO3/c1-15(8-11(16)17-2)7-9-3-5-10(6-4-9)18-12(13)14/h3-6,12H,7-8H2,1-2H3. The van der Waals surface area contributed by atoms with E-state index in [9.17, 15) is 13.6 Å². The number of halogens is 2. The number of carbonyl (C=O) groups excluding carboxylic acids is 1. The summed E-state index contributed by atoms with van der Waals surface area (Å²) in [5.74, 6) is -0.209. The zero-order chi connectivity index (χ0) is 13.5. The van der Waals surface area contributed by atoms with Crippen LogP contribution in [0.5, 0.6) is 5.75 Å². The molecule has 0 aliphatic heterocycles. The lowest BCUT2D eigenvalue weighted by atomic mass is 10.2. The van der Waals surface area contributed by atoms with E-state index in [0.717, 1.165) is 5.56 Å². The molecule has 0 fully saturated rings. The molecule has 0 atom stereocenters. The number of methoxy groups -OCH3 is 1. The molecule has 6 heteroatoms. The SMILES string of the molecule is COC(=O)CN(C)Cc1ccc(OC(F)F)cc1. The van der Waals surface area contributed by atoms with E-state index in [2.05, 4.69) is 9.47 Å². The predicted octanol–water partition coefficient (Wildman–Crippen LogP) is 1.89. The van der Waals surface area contributed by atoms with Crippen LogP contribution in [0.15, 0.2) is 24.3 Å². The molecule has 0 saturated carbocycles. The van der Waals surface area contributed by atoms with Crippen molar-refractivity contribution in [2.75, 3.05) is 20.7 Å². The number of nitrogens with zero attached hydrogens (tertiary/aromatic N) is 1. The van der Waals surface area contributed by atoms with Crippen LogP contribution in [0.3, 0.4) is 0 Å². The highest BCUT2D eigenvalue weighted by Gasteiger charge is 2.08. The van der Waals surface area contributed by atoms with Crippen molar-refractivity contribution in [3.8, 4) is 5.75 Å². The number of rotatable bonds is 6. The second-order valence-corrected chi connectivity index (χ2v) is 3.77. The van der Waals surface area contributed by atoms with E-state index in [0.29, 0.717) is 6.54 Å². The third-order valence-corrected chi connectivity index (χ3v) is 2.23. The Morgan fingerprint density at radius 3 is 2.44 bits per heavy atom. The Balaban J connectivity index is 2.50. The molecule has 0 aliphatic carbocycles. The van der Waals surface area contributed by atoms with Crippen molar-refractivity contribution in [2.45, 2.75) is 13.2 Å². The van der Waals surface area contributed by atoms with Gasteiger partial charge >= 0.3 is 12.6 Å². The van der Waals surface area contributed by atoms with E-state index in [1.54, 1.807) is 24.1 Å². The first-order chi connectivity index (χ1) is 8.51. The van der Waals surface area contributed by atoms with E-state index in [4.69, 9.17) is 0 Å². The number of esters is 1. The lowest BCUT2D eigenvalue weighted by Gasteiger charge is -2.15. The highest BCUT2D eigenvalue weighted by molar-refractivity contribution is 5.71. The van der Waals surface area contributed by atoms with Crippen LogP contribution < -0.4 is 4.74 Å². The number of carbonyl (C=O) groups is 1. The van der Waals surface area contributed by atoms with Crippen molar-refractivity contribution in [1.82, 2.24) is 4.90 Å². The highest BCUT2D eigenvalue weighted by Crippen LogP contribution is 2.15. The van der Waals surface area contributed by atoms with Gasteiger partial charge in [0.25, 0.3) is 0 Å². The van der Waals surface area contributed by atoms with Crippen molar-refractivity contribution in [3.63, 3.8) is 0 Å². The van der Waals surface area contributed by atoms with E-state index >= 15 is 0 Å². The number of hydrogen-bond donors (Lipinski definition) is 0. The Labute approximate surface area is 104 Å². The average molecular weight is 259 g/mol. The minimum absolute atomic E-state index is 0.115. The summed E-state index contributed by atoms with van der Waals surface area (Å²) >= 11 is 0. The number of hydrogen-bond acceptors (Lipinski definition) is 4. The van der Waals surface area contributed by atoms with Crippen LogP contribution in [0.1, 0.15) is 5.56 Å². The van der Waals surface area contributed by atoms with Crippen molar-refractivity contribution in [3.05, 3.63) is 29.8 Å². The third kappa shape index (κ3) is 5.09. The molecule has 0 amide bonds. The summed E-state index contributed by atoms with van der Waals surface area (Å²) < 4.78 is 32.6. The molecular weight excluding hydrogens is 244 g/mol. The summed E-state index contributed by atoms with van der Waals surface area (Å²) in [6, 6.07) is 6.28. The first kappa shape index (κ1) is 14.4. The summed E-state index contributed by atoms with van der Waals surface area (Å²) in [7, 11) is 3.09. The van der Waals surface area contributed by atoms with Gasteiger partial charge in [-0.15, -0.1) is 0 Å². The molecule has 0 radical (unpaired) electrons. The van der Waals surface area contributed by atoms with Gasteiger partial charge < -0.3 is 9.47 Å². The van der Waals surface area contributed by atoms with E-state index in [-0.39, 0.29) is 18.3 Å². The van der Waals surface area contributed by atoms with Gasteiger partial charge in [0.15, 0.2) is 0 Å². The van der Waals surface area contributed by atoms with Crippen LogP contribution in [-0.4, -0.2) is 38.2 Å². The largest absolute Gasteiger partial charge is 0.468 e. The molecule has 0 heterocycles. The summed E-state index contributed by atoms with van der Waals surface area (Å²) in [5, 5.41) is 0. The van der Waals surface area contributed by atoms with Gasteiger partial charge in [0.2, 0.25) is 0 Å². The zero-order valence-electron chi connectivity index (χ0n) is 10.2. The predicted molar refractivity (Wildman–Crippen MR) is 61.4 cm³/mol. The van der Waals surface area contributed by atoms with Crippen LogP contribution in [0, 0.1) is 0 Å². The van der Waals surface area contributed by atoms with Crippen molar-refractivity contribution in [2.24, 2.45) is 0 Å². The molecule has 4 nitrogen and oxygen atoms in total. The van der Waals surface area contributed by atoms with Crippen molar-refractivity contribution >= 4 is 5.97 Å². The smallest absolute Gasteiger partial charge is 0.387 e. The molecule has 18 heavy (non-hydrogen) atoms. The van der Waals surface area contributed by atoms with Crippen LogP contribution in [0.25, 0.3) is 0 Å². The molecule has 1 aromatic carbocycles. The topological polar surface area (TPSA) is 38.8 Å². The van der Waals surface area contributed by atoms with E-state index in [1.807, 2.05) is 0 Å². The van der Waals surface area contributed by atoms with Crippen molar-refractivity contribution < 1.29 is 23.0 Å². The van der Waals surface area contributed by atoms with Gasteiger partial charge in [0, 0.05) is 6.54 Å². The number of ether oxygens (including phenoxy) is 2. The fraction of sp³-hybridized carbons (Fsp3) is 0.417. The third-order valence-electron chi connectivity index (χ3n) is 2.23. The van der Waals surface area contributed by atoms with Gasteiger partial charge in [-0.2, -0.15) is 8.78 Å². The summed E-state index contributed by atoms with van der Waals surface area (Å²) in [6.07, 6.45) is 0. The number of benzene rings is 1. The molecule has 0 spiro atoms. The lowest BCUT2D eigenvalue weighted by Crippen LogP contribution is -2.26. The fourth-order valence-corrected chi connectivity index (χ4v) is 1.43. The molecule has 100 valence electrons. The van der Waals surface area contributed by atoms with Gasteiger partial charge in [-0.25, -0.2) is 0 Å². The van der Waals surface area contributed by atoms with Crippen LogP contribution >= 0.6 is 0 Å². The lowest BCUT2D eigenvalue weighted by molar-refractivity contribution is -0.141. The molecule has 0 unspecified atom stereocenters. The maximum absolute atomic E-state index is 11.9. The molecule has 1 aromatic rings. The Kier molecular flexibility index (Phi) is 5.51. The number of likely N-dealkylation sites (N-methyl/N-ethyl adjacent to an activating group) is 1. The van der Waals surface area contributed by atoms with Gasteiger partial charge in [-0.3, -0.25) is 9.69 Å². The highest BCUT2D eigenvalue weighted by atomic mass is 19.3. The second-order valence-electron chi connectivity index (χ2n) is 3.77. The summed E-state index contributed by atoms with van der Waals surface area (Å²) in [6.45, 7) is -2.13. The molecule has 0 aromatic heterocycles. The Morgan fingerprint density at radius 1 is 1.33 bits per heavy atom. The van der Waals surface area contributed by atoms with Gasteiger partial charge in [0.05, 0.1) is 13.7 Å². The maximum Gasteiger partial charge on any atom is 0.387 e. The summed E-state index contributed by atoms with van der Waals surface area (Å²) in [5.41, 5.74) is 0.892. The van der Waals surface area contributed by atoms with Crippen LogP contribution in [0.2, 0.25) is 0 Å². The molecular formula is C12H15F2NO3. The summed E-state index contributed by atoms with van der Waals surface area (Å²) in [4.78, 5) is 12.8. The Bertz CT molecular complexity index is 381. The average Bonchev–Trinajstić information content (AvgIpc) is 2.30. The zero-order valence-corrected chi connectivity index (χ0v) is 10.2. The van der Waals surface area contributed by atoms with Gasteiger partial charge in [-0.05, 0) is 24.7 Å². The number of alkyl halides is 2. The quantitative estimate of drug-likeness (QED) is 0.731. The van der Waals surface area contributed by atoms with E-state index < -0.39 is 6.61 Å². The van der Waals surface area contributed by atoms with Crippen LogP contribution in [0.4, 0.5) is 8.78 Å².